The van der Waals surface area contributed by atoms with Crippen LogP contribution in [0.3, 0.4) is 0 Å². The van der Waals surface area contributed by atoms with E-state index in [2.05, 4.69) is 25.7 Å². The molecule has 1 saturated heterocycles. The molecule has 1 amide bonds. The Morgan fingerprint density at radius 3 is 2.31 bits per heavy atom. The minimum Gasteiger partial charge on any atom is -0.481 e. The molecule has 2 aliphatic heterocycles. The highest BCUT2D eigenvalue weighted by Gasteiger charge is 2.47. The number of carbonyl (C=O) groups is 2. The molecular formula is C28H44N2O5. The molecule has 3 atom stereocenters. The third-order valence-electron chi connectivity index (χ3n) is 7.47. The van der Waals surface area contributed by atoms with Gasteiger partial charge in [0.25, 0.3) is 0 Å². The molecule has 2 aliphatic rings. The number of nitrogens with zero attached hydrogens (tertiary/aromatic N) is 2. The van der Waals surface area contributed by atoms with E-state index in [4.69, 9.17) is 9.47 Å². The fourth-order valence-corrected chi connectivity index (χ4v) is 5.45. The third-order valence-corrected chi connectivity index (χ3v) is 7.47. The zero-order chi connectivity index (χ0) is 25.2. The number of ether oxygens (including phenoxy) is 2. The number of carboxylic acid groups (broad SMARTS) is 1. The van der Waals surface area contributed by atoms with Crippen molar-refractivity contribution in [3.05, 3.63) is 23.8 Å². The number of carboxylic acids is 1. The lowest BCUT2D eigenvalue weighted by Gasteiger charge is -2.30. The van der Waals surface area contributed by atoms with Gasteiger partial charge in [-0.2, -0.15) is 0 Å². The van der Waals surface area contributed by atoms with Crippen molar-refractivity contribution in [1.82, 2.24) is 9.80 Å². The number of unbranched alkanes of at least 4 members (excludes halogenated alkanes) is 5. The Bertz CT molecular complexity index is 822. The molecule has 196 valence electrons. The standard InChI is InChI=1S/C28H44N2O5/c1-4-7-10-11-12-23-27(28(32)33)22(21-13-14-24-25(17-21)35-20-34-24)18-30(23)19-26(31)29(15-8-5-2)16-9-6-3/h13-14,17,22-23,27H,4-12,15-16,18-20H2,1-3H3,(H,32,33)/t22-,23+,27-/m1/s1. The predicted octanol–water partition coefficient (Wildman–Crippen LogP) is 5.28. The second kappa shape index (κ2) is 13.7. The highest BCUT2D eigenvalue weighted by Crippen LogP contribution is 2.43. The van der Waals surface area contributed by atoms with Gasteiger partial charge in [-0.3, -0.25) is 14.5 Å². The highest BCUT2D eigenvalue weighted by molar-refractivity contribution is 5.79. The summed E-state index contributed by atoms with van der Waals surface area (Å²) >= 11 is 0. The number of hydrogen-bond acceptors (Lipinski definition) is 5. The molecule has 0 bridgehead atoms. The van der Waals surface area contributed by atoms with Crippen molar-refractivity contribution in [3.8, 4) is 11.5 Å². The summed E-state index contributed by atoms with van der Waals surface area (Å²) in [5.41, 5.74) is 0.948. The molecule has 0 unspecified atom stereocenters. The van der Waals surface area contributed by atoms with E-state index < -0.39 is 11.9 Å². The Kier molecular flexibility index (Phi) is 10.7. The van der Waals surface area contributed by atoms with Gasteiger partial charge in [-0.05, 0) is 37.0 Å². The zero-order valence-electron chi connectivity index (χ0n) is 21.8. The largest absolute Gasteiger partial charge is 0.481 e. The van der Waals surface area contributed by atoms with Gasteiger partial charge in [-0.25, -0.2) is 0 Å². The lowest BCUT2D eigenvalue weighted by Crippen LogP contribution is -2.44. The number of amides is 1. The maximum absolute atomic E-state index is 13.4. The number of rotatable bonds is 15. The Morgan fingerprint density at radius 1 is 0.971 bits per heavy atom. The van der Waals surface area contributed by atoms with E-state index in [1.165, 1.54) is 0 Å². The van der Waals surface area contributed by atoms with E-state index in [0.29, 0.717) is 18.0 Å². The Balaban J connectivity index is 1.82. The van der Waals surface area contributed by atoms with E-state index in [9.17, 15) is 14.7 Å². The second-order valence-corrected chi connectivity index (χ2v) is 10.0. The fraction of sp³-hybridized carbons (Fsp3) is 0.714. The second-order valence-electron chi connectivity index (χ2n) is 10.0. The molecule has 0 spiro atoms. The van der Waals surface area contributed by atoms with Crippen molar-refractivity contribution in [3.63, 3.8) is 0 Å². The summed E-state index contributed by atoms with van der Waals surface area (Å²) in [6, 6.07) is 5.61. The molecule has 0 saturated carbocycles. The van der Waals surface area contributed by atoms with Crippen LogP contribution in [0.25, 0.3) is 0 Å². The van der Waals surface area contributed by atoms with Gasteiger partial charge in [-0.15, -0.1) is 0 Å². The van der Waals surface area contributed by atoms with Crippen LogP contribution in [0.15, 0.2) is 18.2 Å². The summed E-state index contributed by atoms with van der Waals surface area (Å²) in [5, 5.41) is 10.3. The first-order chi connectivity index (χ1) is 17.0. The van der Waals surface area contributed by atoms with Crippen LogP contribution in [-0.4, -0.2) is 65.8 Å². The van der Waals surface area contributed by atoms with Crippen molar-refractivity contribution in [2.75, 3.05) is 33.0 Å². The maximum atomic E-state index is 13.4. The normalized spacial score (nSPS) is 21.4. The summed E-state index contributed by atoms with van der Waals surface area (Å²) in [5.74, 6) is -0.0247. The quantitative estimate of drug-likeness (QED) is 0.338. The molecular weight excluding hydrogens is 444 g/mol. The van der Waals surface area contributed by atoms with Crippen LogP contribution in [0, 0.1) is 5.92 Å². The van der Waals surface area contributed by atoms with E-state index in [0.717, 1.165) is 76.4 Å². The molecule has 1 fully saturated rings. The van der Waals surface area contributed by atoms with Crippen LogP contribution >= 0.6 is 0 Å². The number of hydrogen-bond donors (Lipinski definition) is 1. The first-order valence-electron chi connectivity index (χ1n) is 13.6. The van der Waals surface area contributed by atoms with Crippen LogP contribution in [-0.2, 0) is 9.59 Å². The Morgan fingerprint density at radius 2 is 1.66 bits per heavy atom. The maximum Gasteiger partial charge on any atom is 0.308 e. The monoisotopic (exact) mass is 488 g/mol. The summed E-state index contributed by atoms with van der Waals surface area (Å²) in [4.78, 5) is 30.1. The molecule has 0 aliphatic carbocycles. The summed E-state index contributed by atoms with van der Waals surface area (Å²) in [6.07, 6.45) is 9.25. The minimum atomic E-state index is -0.781. The topological polar surface area (TPSA) is 79.3 Å². The Hall–Kier alpha value is -2.28. The average Bonchev–Trinajstić information content (AvgIpc) is 3.46. The lowest BCUT2D eigenvalue weighted by molar-refractivity contribution is -0.144. The van der Waals surface area contributed by atoms with Crippen LogP contribution in [0.5, 0.6) is 11.5 Å². The van der Waals surface area contributed by atoms with Crippen molar-refractivity contribution in [2.24, 2.45) is 5.92 Å². The average molecular weight is 489 g/mol. The third kappa shape index (κ3) is 7.12. The van der Waals surface area contributed by atoms with Crippen molar-refractivity contribution >= 4 is 11.9 Å². The van der Waals surface area contributed by atoms with Crippen molar-refractivity contribution in [1.29, 1.82) is 0 Å². The summed E-state index contributed by atoms with van der Waals surface area (Å²) in [6.45, 7) is 9.06. The molecule has 1 aromatic carbocycles. The number of carbonyl (C=O) groups excluding carboxylic acids is 1. The first-order valence-corrected chi connectivity index (χ1v) is 13.6. The van der Waals surface area contributed by atoms with E-state index >= 15 is 0 Å². The Labute approximate surface area is 210 Å². The predicted molar refractivity (Wildman–Crippen MR) is 137 cm³/mol. The van der Waals surface area contributed by atoms with Crippen LogP contribution < -0.4 is 9.47 Å². The van der Waals surface area contributed by atoms with Crippen molar-refractivity contribution in [2.45, 2.75) is 90.5 Å². The van der Waals surface area contributed by atoms with Gasteiger partial charge in [-0.1, -0.05) is 65.4 Å². The van der Waals surface area contributed by atoms with Crippen LogP contribution in [0.1, 0.15) is 90.0 Å². The molecule has 1 aromatic rings. The zero-order valence-corrected chi connectivity index (χ0v) is 21.8. The molecule has 0 aromatic heterocycles. The SMILES string of the molecule is CCCCCC[C@H]1[C@H](C(=O)O)[C@@H](c2ccc3c(c2)OCO3)CN1CC(=O)N(CCCC)CCCC. The van der Waals surface area contributed by atoms with E-state index in [1.54, 1.807) is 0 Å². The molecule has 0 radical (unpaired) electrons. The van der Waals surface area contributed by atoms with E-state index in [1.807, 2.05) is 23.1 Å². The van der Waals surface area contributed by atoms with Gasteiger partial charge < -0.3 is 19.5 Å². The lowest BCUT2D eigenvalue weighted by atomic mass is 9.83. The molecule has 7 heteroatoms. The summed E-state index contributed by atoms with van der Waals surface area (Å²) < 4.78 is 11.0. The molecule has 3 rings (SSSR count). The minimum absolute atomic E-state index is 0.126. The molecule has 1 N–H and O–H groups in total. The smallest absolute Gasteiger partial charge is 0.308 e. The van der Waals surface area contributed by atoms with Gasteiger partial charge in [0.2, 0.25) is 12.7 Å². The first kappa shape index (κ1) is 27.3. The van der Waals surface area contributed by atoms with Crippen molar-refractivity contribution < 1.29 is 24.2 Å². The van der Waals surface area contributed by atoms with Crippen LogP contribution in [0.2, 0.25) is 0 Å². The van der Waals surface area contributed by atoms with Gasteiger partial charge in [0.15, 0.2) is 11.5 Å². The number of aliphatic carboxylic acids is 1. The fourth-order valence-electron chi connectivity index (χ4n) is 5.45. The van der Waals surface area contributed by atoms with Gasteiger partial charge in [0.05, 0.1) is 12.5 Å². The van der Waals surface area contributed by atoms with Gasteiger partial charge >= 0.3 is 5.97 Å². The number of likely N-dealkylation sites (tertiary alicyclic amines) is 1. The van der Waals surface area contributed by atoms with Crippen LogP contribution in [0.4, 0.5) is 0 Å². The highest BCUT2D eigenvalue weighted by atomic mass is 16.7. The molecule has 2 heterocycles. The summed E-state index contributed by atoms with van der Waals surface area (Å²) in [7, 11) is 0. The van der Waals surface area contributed by atoms with E-state index in [-0.39, 0.29) is 31.2 Å². The van der Waals surface area contributed by atoms with Gasteiger partial charge in [0.1, 0.15) is 0 Å². The number of fused-ring (bicyclic) bond motifs is 1. The molecule has 35 heavy (non-hydrogen) atoms. The molecule has 7 nitrogen and oxygen atoms in total. The van der Waals surface area contributed by atoms with Gasteiger partial charge in [0, 0.05) is 31.6 Å². The number of benzene rings is 1.